The van der Waals surface area contributed by atoms with Crippen molar-refractivity contribution in [1.82, 2.24) is 4.90 Å². The molecule has 6 heteroatoms. The SMILES string of the molecule is CCCCC[C@@H](O)CC(=O)CCc1ccc(O)c(OCN2C=C3N=CC(Cc4ccccc4)=C3C2)c1. The second kappa shape index (κ2) is 12.5. The van der Waals surface area contributed by atoms with Gasteiger partial charge in [-0.1, -0.05) is 62.6 Å². The second-order valence-corrected chi connectivity index (χ2v) is 9.65. The molecule has 0 spiro atoms. The van der Waals surface area contributed by atoms with E-state index in [1.165, 1.54) is 16.7 Å². The Balaban J connectivity index is 1.27. The smallest absolute Gasteiger partial charge is 0.163 e. The van der Waals surface area contributed by atoms with Crippen LogP contribution in [0, 0.1) is 0 Å². The third kappa shape index (κ3) is 7.08. The average Bonchev–Trinajstić information content (AvgIpc) is 3.45. The molecule has 2 N–H and O–H groups in total. The van der Waals surface area contributed by atoms with Crippen LogP contribution in [-0.2, 0) is 17.6 Å². The number of aliphatic imine (C=N–C) groups is 1. The number of aryl methyl sites for hydroxylation is 1. The number of rotatable bonds is 14. The fourth-order valence-corrected chi connectivity index (χ4v) is 4.60. The van der Waals surface area contributed by atoms with Gasteiger partial charge in [0.2, 0.25) is 0 Å². The molecule has 4 rings (SSSR count). The molecule has 0 aromatic heterocycles. The van der Waals surface area contributed by atoms with Gasteiger partial charge in [-0.25, -0.2) is 0 Å². The molecule has 0 amide bonds. The number of carbonyl (C=O) groups excluding carboxylic acids is 1. The molecule has 0 radical (unpaired) electrons. The molecule has 0 aliphatic carbocycles. The number of aromatic hydroxyl groups is 1. The Morgan fingerprint density at radius 2 is 1.97 bits per heavy atom. The number of hydrogen-bond acceptors (Lipinski definition) is 6. The Hall–Kier alpha value is -3.38. The predicted octanol–water partition coefficient (Wildman–Crippen LogP) is 5.34. The number of allylic oxidation sites excluding steroid dienone is 1. The summed E-state index contributed by atoms with van der Waals surface area (Å²) in [5, 5.41) is 20.3. The van der Waals surface area contributed by atoms with Gasteiger partial charge in [0.1, 0.15) is 5.78 Å². The van der Waals surface area contributed by atoms with Gasteiger partial charge in [0, 0.05) is 37.4 Å². The molecule has 1 atom stereocenters. The quantitative estimate of drug-likeness (QED) is 0.351. The maximum absolute atomic E-state index is 12.3. The lowest BCUT2D eigenvalue weighted by atomic mass is 10.0. The van der Waals surface area contributed by atoms with E-state index in [0.717, 1.165) is 36.9 Å². The highest BCUT2D eigenvalue weighted by Gasteiger charge is 2.25. The molecule has 0 bridgehead atoms. The summed E-state index contributed by atoms with van der Waals surface area (Å²) < 4.78 is 5.94. The van der Waals surface area contributed by atoms with Crippen LogP contribution in [0.15, 0.2) is 76.6 Å². The summed E-state index contributed by atoms with van der Waals surface area (Å²) in [6.07, 6.45) is 9.18. The largest absolute Gasteiger partial charge is 0.504 e. The molecule has 2 aliphatic heterocycles. The number of phenols is 1. The molecule has 2 heterocycles. The minimum absolute atomic E-state index is 0.0601. The number of nitrogens with zero attached hydrogens (tertiary/aromatic N) is 2. The number of fused-ring (bicyclic) bond motifs is 1. The standard InChI is InChI=1S/C30H36N2O4/c1-2-3-5-10-25(33)17-26(34)13-11-23-12-14-29(35)30(16-23)36-21-32-19-27-24(18-31-28(27)20-32)15-22-8-6-4-7-9-22/h4,6-9,12,14,16,18,20,25,33,35H,2-3,5,10-11,13,15,17,19,21H2,1H3/t25-/m1/s1. The third-order valence-corrected chi connectivity index (χ3v) is 6.67. The summed E-state index contributed by atoms with van der Waals surface area (Å²) in [5.74, 6) is 0.535. The Morgan fingerprint density at radius 1 is 1.14 bits per heavy atom. The van der Waals surface area contributed by atoms with Crippen LogP contribution >= 0.6 is 0 Å². The Kier molecular flexibility index (Phi) is 8.95. The maximum atomic E-state index is 12.3. The number of ether oxygens (including phenoxy) is 1. The van der Waals surface area contributed by atoms with E-state index in [4.69, 9.17) is 4.74 Å². The zero-order valence-corrected chi connectivity index (χ0v) is 21.0. The van der Waals surface area contributed by atoms with Crippen LogP contribution in [0.3, 0.4) is 0 Å². The van der Waals surface area contributed by atoms with E-state index in [1.807, 2.05) is 41.6 Å². The third-order valence-electron chi connectivity index (χ3n) is 6.67. The predicted molar refractivity (Wildman–Crippen MR) is 142 cm³/mol. The van der Waals surface area contributed by atoms with Crippen molar-refractivity contribution in [2.45, 2.75) is 64.4 Å². The van der Waals surface area contributed by atoms with Gasteiger partial charge in [0.25, 0.3) is 0 Å². The number of carbonyl (C=O) groups is 1. The monoisotopic (exact) mass is 488 g/mol. The first-order valence-electron chi connectivity index (χ1n) is 12.9. The van der Waals surface area contributed by atoms with Crippen LogP contribution in [0.2, 0.25) is 0 Å². The Bertz CT molecular complexity index is 1140. The van der Waals surface area contributed by atoms with Crippen LogP contribution in [0.4, 0.5) is 0 Å². The first-order valence-corrected chi connectivity index (χ1v) is 12.9. The van der Waals surface area contributed by atoms with E-state index in [0.29, 0.717) is 38.3 Å². The number of unbranched alkanes of at least 4 members (excludes halogenated alkanes) is 2. The van der Waals surface area contributed by atoms with Crippen molar-refractivity contribution in [2.24, 2.45) is 4.99 Å². The molecule has 0 saturated heterocycles. The Labute approximate surface area is 213 Å². The second-order valence-electron chi connectivity index (χ2n) is 9.65. The minimum atomic E-state index is -0.551. The molecule has 0 unspecified atom stereocenters. The number of benzene rings is 2. The molecule has 0 saturated carbocycles. The zero-order valence-electron chi connectivity index (χ0n) is 21.0. The van der Waals surface area contributed by atoms with Crippen LogP contribution in [-0.4, -0.2) is 46.5 Å². The summed E-state index contributed by atoms with van der Waals surface area (Å²) in [7, 11) is 0. The lowest BCUT2D eigenvalue weighted by molar-refractivity contribution is -0.121. The van der Waals surface area contributed by atoms with Crippen LogP contribution in [0.5, 0.6) is 11.5 Å². The average molecular weight is 489 g/mol. The lowest BCUT2D eigenvalue weighted by Gasteiger charge is -2.18. The van der Waals surface area contributed by atoms with Gasteiger partial charge < -0.3 is 19.8 Å². The fraction of sp³-hybridized carbons (Fsp3) is 0.400. The normalized spacial score (nSPS) is 15.3. The van der Waals surface area contributed by atoms with Crippen LogP contribution in [0.25, 0.3) is 0 Å². The van der Waals surface area contributed by atoms with Crippen molar-refractivity contribution in [3.05, 3.63) is 82.7 Å². The van der Waals surface area contributed by atoms with Gasteiger partial charge in [-0.2, -0.15) is 0 Å². The molecular formula is C30H36N2O4. The van der Waals surface area contributed by atoms with Gasteiger partial charge in [-0.05, 0) is 48.1 Å². The Morgan fingerprint density at radius 3 is 2.78 bits per heavy atom. The minimum Gasteiger partial charge on any atom is -0.504 e. The summed E-state index contributed by atoms with van der Waals surface area (Å²) in [6, 6.07) is 15.6. The fourth-order valence-electron chi connectivity index (χ4n) is 4.60. The van der Waals surface area contributed by atoms with Crippen LogP contribution < -0.4 is 4.74 Å². The number of phenolic OH excluding ortho intramolecular Hbond substituents is 1. The van der Waals surface area contributed by atoms with Crippen molar-refractivity contribution < 1.29 is 19.7 Å². The molecule has 36 heavy (non-hydrogen) atoms. The number of ketones is 1. The summed E-state index contributed by atoms with van der Waals surface area (Å²) in [4.78, 5) is 18.9. The summed E-state index contributed by atoms with van der Waals surface area (Å²) >= 11 is 0. The van der Waals surface area contributed by atoms with Gasteiger partial charge in [0.15, 0.2) is 18.2 Å². The summed E-state index contributed by atoms with van der Waals surface area (Å²) in [5.41, 5.74) is 5.59. The van der Waals surface area contributed by atoms with Gasteiger partial charge in [-0.3, -0.25) is 9.79 Å². The van der Waals surface area contributed by atoms with E-state index < -0.39 is 6.10 Å². The highest BCUT2D eigenvalue weighted by atomic mass is 16.5. The molecule has 6 nitrogen and oxygen atoms in total. The van der Waals surface area contributed by atoms with Gasteiger partial charge >= 0.3 is 0 Å². The highest BCUT2D eigenvalue weighted by molar-refractivity contribution is 5.87. The van der Waals surface area contributed by atoms with Crippen molar-refractivity contribution in [2.75, 3.05) is 13.3 Å². The van der Waals surface area contributed by atoms with Crippen LogP contribution in [0.1, 0.15) is 56.6 Å². The summed E-state index contributed by atoms with van der Waals surface area (Å²) in [6.45, 7) is 3.13. The van der Waals surface area contributed by atoms with E-state index in [-0.39, 0.29) is 18.0 Å². The van der Waals surface area contributed by atoms with Crippen molar-refractivity contribution in [1.29, 1.82) is 0 Å². The van der Waals surface area contributed by atoms with Gasteiger partial charge in [-0.15, -0.1) is 0 Å². The van der Waals surface area contributed by atoms with Crippen molar-refractivity contribution in [3.8, 4) is 11.5 Å². The molecule has 2 aliphatic rings. The molecule has 2 aromatic carbocycles. The van der Waals surface area contributed by atoms with Crippen molar-refractivity contribution >= 4 is 12.0 Å². The van der Waals surface area contributed by atoms with E-state index >= 15 is 0 Å². The van der Waals surface area contributed by atoms with E-state index in [1.54, 1.807) is 12.1 Å². The molecule has 190 valence electrons. The van der Waals surface area contributed by atoms with Crippen molar-refractivity contribution in [3.63, 3.8) is 0 Å². The number of aliphatic hydroxyl groups excluding tert-OH is 1. The van der Waals surface area contributed by atoms with E-state index in [9.17, 15) is 15.0 Å². The highest BCUT2D eigenvalue weighted by Crippen LogP contribution is 2.32. The molecule has 2 aromatic rings. The van der Waals surface area contributed by atoms with E-state index in [2.05, 4.69) is 24.0 Å². The first kappa shape index (κ1) is 25.7. The topological polar surface area (TPSA) is 82.4 Å². The maximum Gasteiger partial charge on any atom is 0.163 e. The first-order chi connectivity index (χ1) is 17.5. The lowest BCUT2D eigenvalue weighted by Crippen LogP contribution is -2.21. The number of aliphatic hydroxyl groups is 1. The number of hydrogen-bond donors (Lipinski definition) is 2. The molecule has 0 fully saturated rings. The van der Waals surface area contributed by atoms with Gasteiger partial charge in [0.05, 0.1) is 11.8 Å². The molecular weight excluding hydrogens is 452 g/mol. The number of Topliss-reactive ketones (excluding diaryl/α,β-unsaturated/α-hetero) is 1. The zero-order chi connectivity index (χ0) is 25.3.